The highest BCUT2D eigenvalue weighted by Gasteiger charge is 2.55. The van der Waals surface area contributed by atoms with Crippen molar-refractivity contribution >= 4 is 11.9 Å². The number of nitrogens with zero attached hydrogens (tertiary/aromatic N) is 1. The van der Waals surface area contributed by atoms with Crippen LogP contribution in [0.2, 0.25) is 0 Å². The van der Waals surface area contributed by atoms with Crippen LogP contribution in [-0.4, -0.2) is 55.3 Å². The molecule has 0 radical (unpaired) electrons. The van der Waals surface area contributed by atoms with Gasteiger partial charge in [0, 0.05) is 32.7 Å². The second-order valence-electron chi connectivity index (χ2n) is 5.87. The standard InChI is InChI=1S/C15H19NO6/c1-20-8-11-2-3-12(22-11)13(17)16-6-10-7-21-5-4-15(10,9-16)14(18)19/h2-3,10H,4-9H2,1H3,(H,18,19)/t10-,15+/m0/s1. The molecule has 2 aliphatic heterocycles. The Labute approximate surface area is 127 Å². The minimum Gasteiger partial charge on any atom is -0.481 e. The summed E-state index contributed by atoms with van der Waals surface area (Å²) in [6.45, 7) is 1.68. The molecule has 1 N–H and O–H groups in total. The van der Waals surface area contributed by atoms with Crippen LogP contribution >= 0.6 is 0 Å². The van der Waals surface area contributed by atoms with E-state index < -0.39 is 11.4 Å². The van der Waals surface area contributed by atoms with Gasteiger partial charge in [0.2, 0.25) is 0 Å². The van der Waals surface area contributed by atoms with Crippen molar-refractivity contribution in [3.63, 3.8) is 0 Å². The molecule has 1 aromatic rings. The number of aliphatic carboxylic acids is 1. The van der Waals surface area contributed by atoms with Gasteiger partial charge in [-0.15, -0.1) is 0 Å². The maximum absolute atomic E-state index is 12.5. The van der Waals surface area contributed by atoms with Crippen molar-refractivity contribution in [1.82, 2.24) is 4.90 Å². The molecular weight excluding hydrogens is 290 g/mol. The van der Waals surface area contributed by atoms with Crippen LogP contribution in [0.5, 0.6) is 0 Å². The number of amides is 1. The predicted octanol–water partition coefficient (Wildman–Crippen LogP) is 0.989. The number of hydrogen-bond acceptors (Lipinski definition) is 5. The third-order valence-corrected chi connectivity index (χ3v) is 4.58. The smallest absolute Gasteiger partial charge is 0.311 e. The van der Waals surface area contributed by atoms with Crippen LogP contribution in [0.25, 0.3) is 0 Å². The molecular formula is C15H19NO6. The topological polar surface area (TPSA) is 89.2 Å². The highest BCUT2D eigenvalue weighted by molar-refractivity contribution is 5.92. The second-order valence-corrected chi connectivity index (χ2v) is 5.87. The summed E-state index contributed by atoms with van der Waals surface area (Å²) in [4.78, 5) is 25.8. The Balaban J connectivity index is 1.78. The van der Waals surface area contributed by atoms with Crippen molar-refractivity contribution in [1.29, 1.82) is 0 Å². The lowest BCUT2D eigenvalue weighted by atomic mass is 9.74. The average molecular weight is 309 g/mol. The summed E-state index contributed by atoms with van der Waals surface area (Å²) in [6.07, 6.45) is 0.434. The van der Waals surface area contributed by atoms with Gasteiger partial charge in [0.1, 0.15) is 12.4 Å². The molecule has 0 bridgehead atoms. The maximum Gasteiger partial charge on any atom is 0.311 e. The van der Waals surface area contributed by atoms with Crippen molar-refractivity contribution in [2.75, 3.05) is 33.4 Å². The second kappa shape index (κ2) is 5.73. The number of carbonyl (C=O) groups excluding carboxylic acids is 1. The predicted molar refractivity (Wildman–Crippen MR) is 74.3 cm³/mol. The van der Waals surface area contributed by atoms with Gasteiger partial charge in [-0.1, -0.05) is 0 Å². The van der Waals surface area contributed by atoms with Crippen LogP contribution in [0.15, 0.2) is 16.5 Å². The van der Waals surface area contributed by atoms with Gasteiger partial charge in [0.05, 0.1) is 12.0 Å². The first-order chi connectivity index (χ1) is 10.6. The summed E-state index contributed by atoms with van der Waals surface area (Å²) in [6, 6.07) is 3.29. The van der Waals surface area contributed by atoms with Crippen LogP contribution in [0.3, 0.4) is 0 Å². The number of rotatable bonds is 4. The molecule has 0 aliphatic carbocycles. The van der Waals surface area contributed by atoms with Crippen molar-refractivity contribution in [3.8, 4) is 0 Å². The molecule has 0 aromatic carbocycles. The molecule has 1 aromatic heterocycles. The monoisotopic (exact) mass is 309 g/mol. The van der Waals surface area contributed by atoms with E-state index in [2.05, 4.69) is 0 Å². The lowest BCUT2D eigenvalue weighted by Crippen LogP contribution is -2.45. The van der Waals surface area contributed by atoms with Gasteiger partial charge in [-0.2, -0.15) is 0 Å². The Morgan fingerprint density at radius 1 is 1.50 bits per heavy atom. The number of likely N-dealkylation sites (tertiary alicyclic amines) is 1. The largest absolute Gasteiger partial charge is 0.481 e. The summed E-state index contributed by atoms with van der Waals surface area (Å²) in [5.41, 5.74) is -0.893. The lowest BCUT2D eigenvalue weighted by Gasteiger charge is -2.33. The first kappa shape index (κ1) is 15.1. The first-order valence-electron chi connectivity index (χ1n) is 7.25. The van der Waals surface area contributed by atoms with Crippen LogP contribution in [0.4, 0.5) is 0 Å². The Hall–Kier alpha value is -1.86. The number of methoxy groups -OCH3 is 1. The molecule has 0 saturated carbocycles. The molecule has 120 valence electrons. The Kier molecular flexibility index (Phi) is 3.92. The van der Waals surface area contributed by atoms with Crippen molar-refractivity contribution in [2.24, 2.45) is 11.3 Å². The van der Waals surface area contributed by atoms with Gasteiger partial charge in [-0.25, -0.2) is 0 Å². The molecule has 7 nitrogen and oxygen atoms in total. The third kappa shape index (κ3) is 2.40. The zero-order valence-electron chi connectivity index (χ0n) is 12.4. The van der Waals surface area contributed by atoms with Gasteiger partial charge in [0.15, 0.2) is 5.76 Å². The van der Waals surface area contributed by atoms with Gasteiger partial charge < -0.3 is 23.9 Å². The third-order valence-electron chi connectivity index (χ3n) is 4.58. The zero-order chi connectivity index (χ0) is 15.7. The summed E-state index contributed by atoms with van der Waals surface area (Å²) in [5, 5.41) is 9.61. The van der Waals surface area contributed by atoms with Crippen molar-refractivity contribution in [3.05, 3.63) is 23.7 Å². The normalized spacial score (nSPS) is 27.7. The molecule has 2 atom stereocenters. The van der Waals surface area contributed by atoms with E-state index in [0.29, 0.717) is 38.5 Å². The number of ether oxygens (including phenoxy) is 2. The summed E-state index contributed by atoms with van der Waals surface area (Å²) in [5.74, 6) is -0.519. The molecule has 2 aliphatic rings. The minimum atomic E-state index is -0.893. The minimum absolute atomic E-state index is 0.170. The van der Waals surface area contributed by atoms with E-state index in [9.17, 15) is 14.7 Å². The molecule has 7 heteroatoms. The number of fused-ring (bicyclic) bond motifs is 1. The van der Waals surface area contributed by atoms with Crippen molar-refractivity contribution in [2.45, 2.75) is 13.0 Å². The Morgan fingerprint density at radius 2 is 2.32 bits per heavy atom. The molecule has 2 saturated heterocycles. The lowest BCUT2D eigenvalue weighted by molar-refractivity contribution is -0.157. The summed E-state index contributed by atoms with van der Waals surface area (Å²) in [7, 11) is 1.55. The highest BCUT2D eigenvalue weighted by Crippen LogP contribution is 2.42. The van der Waals surface area contributed by atoms with E-state index in [1.807, 2.05) is 0 Å². The van der Waals surface area contributed by atoms with Crippen LogP contribution < -0.4 is 0 Å². The number of carbonyl (C=O) groups is 2. The molecule has 3 rings (SSSR count). The molecule has 0 unspecified atom stereocenters. The van der Waals surface area contributed by atoms with Crippen LogP contribution in [0.1, 0.15) is 22.7 Å². The number of hydrogen-bond donors (Lipinski definition) is 1. The maximum atomic E-state index is 12.5. The van der Waals surface area contributed by atoms with Gasteiger partial charge in [-0.05, 0) is 18.6 Å². The first-order valence-corrected chi connectivity index (χ1v) is 7.25. The average Bonchev–Trinajstić information content (AvgIpc) is 3.11. The number of carboxylic acids is 1. The molecule has 0 spiro atoms. The van der Waals surface area contributed by atoms with Crippen LogP contribution in [-0.2, 0) is 20.9 Å². The molecule has 1 amide bonds. The summed E-state index contributed by atoms with van der Waals surface area (Å²) < 4.78 is 15.8. The quantitative estimate of drug-likeness (QED) is 0.892. The summed E-state index contributed by atoms with van der Waals surface area (Å²) >= 11 is 0. The SMILES string of the molecule is COCc1ccc(C(=O)N2C[C@H]3COCC[C@@]3(C(=O)O)C2)o1. The van der Waals surface area contributed by atoms with E-state index in [0.717, 1.165) is 0 Å². The van der Waals surface area contributed by atoms with E-state index in [1.54, 1.807) is 24.1 Å². The highest BCUT2D eigenvalue weighted by atomic mass is 16.5. The fourth-order valence-corrected chi connectivity index (χ4v) is 3.32. The Morgan fingerprint density at radius 3 is 3.00 bits per heavy atom. The number of carboxylic acid groups (broad SMARTS) is 1. The van der Waals surface area contributed by atoms with Gasteiger partial charge in [0.25, 0.3) is 5.91 Å². The molecule has 3 heterocycles. The van der Waals surface area contributed by atoms with E-state index in [-0.39, 0.29) is 24.1 Å². The molecule has 2 fully saturated rings. The Bertz CT molecular complexity index is 582. The van der Waals surface area contributed by atoms with Gasteiger partial charge in [-0.3, -0.25) is 9.59 Å². The molecule has 22 heavy (non-hydrogen) atoms. The van der Waals surface area contributed by atoms with Crippen LogP contribution in [0, 0.1) is 11.3 Å². The number of furan rings is 1. The fourth-order valence-electron chi connectivity index (χ4n) is 3.32. The van der Waals surface area contributed by atoms with Crippen molar-refractivity contribution < 1.29 is 28.6 Å². The van der Waals surface area contributed by atoms with Gasteiger partial charge >= 0.3 is 5.97 Å². The van der Waals surface area contributed by atoms with E-state index in [1.165, 1.54) is 0 Å². The fraction of sp³-hybridized carbons (Fsp3) is 0.600. The van der Waals surface area contributed by atoms with E-state index in [4.69, 9.17) is 13.9 Å². The zero-order valence-corrected chi connectivity index (χ0v) is 12.4. The van der Waals surface area contributed by atoms with E-state index >= 15 is 0 Å².